The topological polar surface area (TPSA) is 41.6 Å². The number of nitrogens with one attached hydrogen (secondary N) is 1. The van der Waals surface area contributed by atoms with Crippen LogP contribution in [0.4, 0.5) is 4.79 Å². The molecule has 1 unspecified atom stereocenters. The second-order valence-electron chi connectivity index (χ2n) is 7.39. The van der Waals surface area contributed by atoms with Crippen LogP contribution in [0.1, 0.15) is 52.9 Å². The Hall–Kier alpha value is -0.420. The molecule has 2 rings (SSSR count). The quantitative estimate of drug-likeness (QED) is 0.865. The number of likely N-dealkylation sites (tertiary alicyclic amines) is 1. The molecule has 1 amide bonds. The van der Waals surface area contributed by atoms with Gasteiger partial charge in [0.1, 0.15) is 5.60 Å². The Kier molecular flexibility index (Phi) is 5.47. The molecule has 0 bridgehead atoms. The smallest absolute Gasteiger partial charge is 0.410 e. The second-order valence-corrected chi connectivity index (χ2v) is 8.66. The third kappa shape index (κ3) is 4.78. The van der Waals surface area contributed by atoms with Gasteiger partial charge in [-0.05, 0) is 46.3 Å². The highest BCUT2D eigenvalue weighted by Crippen LogP contribution is 2.39. The zero-order valence-corrected chi connectivity index (χ0v) is 14.7. The van der Waals surface area contributed by atoms with Gasteiger partial charge in [-0.2, -0.15) is 11.8 Å². The summed E-state index contributed by atoms with van der Waals surface area (Å²) in [5, 5.41) is 3.69. The van der Waals surface area contributed by atoms with Crippen LogP contribution in [0.5, 0.6) is 0 Å². The molecule has 4 nitrogen and oxygen atoms in total. The number of thioether (sulfide) groups is 1. The molecule has 1 saturated carbocycles. The van der Waals surface area contributed by atoms with Gasteiger partial charge in [0, 0.05) is 30.4 Å². The molecule has 5 heteroatoms. The normalized spacial score (nSPS) is 25.3. The number of hydrogen-bond acceptors (Lipinski definition) is 4. The summed E-state index contributed by atoms with van der Waals surface area (Å²) < 4.78 is 5.87. The molecule has 1 atom stereocenters. The lowest BCUT2D eigenvalue weighted by Crippen LogP contribution is -2.43. The molecule has 2 fully saturated rings. The van der Waals surface area contributed by atoms with Crippen LogP contribution < -0.4 is 5.32 Å². The van der Waals surface area contributed by atoms with E-state index in [0.29, 0.717) is 10.8 Å². The molecule has 0 aromatic rings. The number of rotatable bonds is 4. The van der Waals surface area contributed by atoms with E-state index in [9.17, 15) is 4.79 Å². The van der Waals surface area contributed by atoms with E-state index < -0.39 is 5.60 Å². The summed E-state index contributed by atoms with van der Waals surface area (Å²) >= 11 is 2.01. The lowest BCUT2D eigenvalue weighted by molar-refractivity contribution is 0.0291. The van der Waals surface area contributed by atoms with E-state index in [-0.39, 0.29) is 6.09 Å². The summed E-state index contributed by atoms with van der Waals surface area (Å²) in [6.45, 7) is 8.40. The van der Waals surface area contributed by atoms with Gasteiger partial charge in [0.05, 0.1) is 0 Å². The monoisotopic (exact) mass is 314 g/mol. The van der Waals surface area contributed by atoms with Gasteiger partial charge < -0.3 is 15.0 Å². The van der Waals surface area contributed by atoms with E-state index in [1.165, 1.54) is 25.7 Å². The third-order valence-electron chi connectivity index (χ3n) is 4.50. The fraction of sp³-hybridized carbons (Fsp3) is 0.938. The number of nitrogens with zero attached hydrogens (tertiary/aromatic N) is 1. The number of hydrogen-bond donors (Lipinski definition) is 1. The number of amides is 1. The van der Waals surface area contributed by atoms with Gasteiger partial charge in [-0.15, -0.1) is 0 Å². The van der Waals surface area contributed by atoms with Crippen molar-refractivity contribution in [2.24, 2.45) is 0 Å². The lowest BCUT2D eigenvalue weighted by Gasteiger charge is -2.29. The van der Waals surface area contributed by atoms with Crippen molar-refractivity contribution in [1.82, 2.24) is 10.2 Å². The van der Waals surface area contributed by atoms with Crippen molar-refractivity contribution in [3.05, 3.63) is 0 Å². The van der Waals surface area contributed by atoms with Crippen molar-refractivity contribution in [1.29, 1.82) is 0 Å². The summed E-state index contributed by atoms with van der Waals surface area (Å²) in [6.07, 6.45) is 8.45. The average molecular weight is 314 g/mol. The molecule has 0 aromatic heterocycles. The lowest BCUT2D eigenvalue weighted by atomic mass is 10.1. The Balaban J connectivity index is 1.76. The number of ether oxygens (including phenoxy) is 1. The number of carbonyl (C=O) groups excluding carboxylic acids is 1. The average Bonchev–Trinajstić information content (AvgIpc) is 3.04. The van der Waals surface area contributed by atoms with Gasteiger partial charge in [-0.25, -0.2) is 4.79 Å². The predicted molar refractivity (Wildman–Crippen MR) is 88.9 cm³/mol. The van der Waals surface area contributed by atoms with E-state index in [4.69, 9.17) is 4.74 Å². The summed E-state index contributed by atoms with van der Waals surface area (Å²) in [5.41, 5.74) is -0.407. The molecule has 1 aliphatic heterocycles. The van der Waals surface area contributed by atoms with Gasteiger partial charge in [0.25, 0.3) is 0 Å². The van der Waals surface area contributed by atoms with Crippen molar-refractivity contribution in [2.45, 2.75) is 69.3 Å². The zero-order valence-electron chi connectivity index (χ0n) is 13.9. The number of carbonyl (C=O) groups is 1. The highest BCUT2D eigenvalue weighted by atomic mass is 32.2. The summed E-state index contributed by atoms with van der Waals surface area (Å²) in [4.78, 5) is 13.9. The molecule has 1 aliphatic carbocycles. The first-order chi connectivity index (χ1) is 9.84. The van der Waals surface area contributed by atoms with E-state index in [1.807, 2.05) is 37.4 Å². The van der Waals surface area contributed by atoms with Crippen LogP contribution in [-0.2, 0) is 4.74 Å². The van der Waals surface area contributed by atoms with Crippen LogP contribution >= 0.6 is 11.8 Å². The zero-order chi connectivity index (χ0) is 15.5. The fourth-order valence-electron chi connectivity index (χ4n) is 3.22. The van der Waals surface area contributed by atoms with Crippen molar-refractivity contribution >= 4 is 17.9 Å². The van der Waals surface area contributed by atoms with Crippen LogP contribution in [0.15, 0.2) is 0 Å². The Morgan fingerprint density at radius 1 is 1.38 bits per heavy atom. The van der Waals surface area contributed by atoms with Crippen molar-refractivity contribution in [2.75, 3.05) is 25.9 Å². The standard InChI is InChI=1S/C16H30N2O2S/c1-15(2,3)20-14(19)18-10-7-13(11-18)17-12-16(21-4)8-5-6-9-16/h13,17H,5-12H2,1-4H3. The fourth-order valence-corrected chi connectivity index (χ4v) is 4.15. The maximum atomic E-state index is 12.1. The maximum absolute atomic E-state index is 12.1. The van der Waals surface area contributed by atoms with Gasteiger partial charge in [0.15, 0.2) is 0 Å². The second kappa shape index (κ2) is 6.78. The highest BCUT2D eigenvalue weighted by Gasteiger charge is 2.35. The molecule has 1 N–H and O–H groups in total. The first-order valence-corrected chi connectivity index (χ1v) is 9.32. The minimum Gasteiger partial charge on any atom is -0.444 e. The molecule has 1 saturated heterocycles. The Labute approximate surface area is 133 Å². The minimum absolute atomic E-state index is 0.174. The van der Waals surface area contributed by atoms with Crippen molar-refractivity contribution < 1.29 is 9.53 Å². The minimum atomic E-state index is -0.407. The molecule has 2 aliphatic rings. The first-order valence-electron chi connectivity index (χ1n) is 8.10. The molecular weight excluding hydrogens is 284 g/mol. The van der Waals surface area contributed by atoms with Crippen molar-refractivity contribution in [3.63, 3.8) is 0 Å². The largest absolute Gasteiger partial charge is 0.444 e. The van der Waals surface area contributed by atoms with Crippen LogP contribution in [-0.4, -0.2) is 53.3 Å². The Morgan fingerprint density at radius 3 is 2.62 bits per heavy atom. The van der Waals surface area contributed by atoms with Crippen LogP contribution in [0.3, 0.4) is 0 Å². The predicted octanol–water partition coefficient (Wildman–Crippen LogP) is 3.26. The first kappa shape index (κ1) is 16.9. The van der Waals surface area contributed by atoms with E-state index in [2.05, 4.69) is 11.6 Å². The van der Waals surface area contributed by atoms with Crippen LogP contribution in [0.25, 0.3) is 0 Å². The Bertz CT molecular complexity index is 362. The van der Waals surface area contributed by atoms with E-state index in [0.717, 1.165) is 26.1 Å². The maximum Gasteiger partial charge on any atom is 0.410 e. The highest BCUT2D eigenvalue weighted by molar-refractivity contribution is 8.00. The molecular formula is C16H30N2O2S. The van der Waals surface area contributed by atoms with Gasteiger partial charge >= 0.3 is 6.09 Å². The molecule has 0 aromatic carbocycles. The van der Waals surface area contributed by atoms with Crippen LogP contribution in [0.2, 0.25) is 0 Å². The van der Waals surface area contributed by atoms with Crippen LogP contribution in [0, 0.1) is 0 Å². The Morgan fingerprint density at radius 2 is 2.05 bits per heavy atom. The SMILES string of the molecule is CSC1(CNC2CCN(C(=O)OC(C)(C)C)C2)CCCC1. The van der Waals surface area contributed by atoms with E-state index in [1.54, 1.807) is 0 Å². The summed E-state index contributed by atoms with van der Waals surface area (Å²) in [7, 11) is 0. The summed E-state index contributed by atoms with van der Waals surface area (Å²) in [6, 6.07) is 0.419. The van der Waals surface area contributed by atoms with Gasteiger partial charge in [-0.1, -0.05) is 12.8 Å². The molecule has 0 radical (unpaired) electrons. The molecule has 21 heavy (non-hydrogen) atoms. The molecule has 122 valence electrons. The molecule has 0 spiro atoms. The van der Waals surface area contributed by atoms with Gasteiger partial charge in [0.2, 0.25) is 0 Å². The van der Waals surface area contributed by atoms with Gasteiger partial charge in [-0.3, -0.25) is 0 Å². The third-order valence-corrected chi connectivity index (χ3v) is 5.92. The van der Waals surface area contributed by atoms with E-state index >= 15 is 0 Å². The van der Waals surface area contributed by atoms with Crippen molar-refractivity contribution in [3.8, 4) is 0 Å². The summed E-state index contributed by atoms with van der Waals surface area (Å²) in [5.74, 6) is 0. The molecule has 1 heterocycles.